The predicted octanol–water partition coefficient (Wildman–Crippen LogP) is 5.32. The molecule has 0 N–H and O–H groups in total. The van der Waals surface area contributed by atoms with Crippen molar-refractivity contribution in [2.75, 3.05) is 6.61 Å². The number of rotatable bonds is 4. The van der Waals surface area contributed by atoms with Crippen molar-refractivity contribution < 1.29 is 13.5 Å². The van der Waals surface area contributed by atoms with Gasteiger partial charge < -0.3 is 4.74 Å². The Hall–Kier alpha value is -3.33. The lowest BCUT2D eigenvalue weighted by atomic mass is 9.50. The minimum Gasteiger partial charge on any atom is -0.373 e. The van der Waals surface area contributed by atoms with Crippen LogP contribution < -0.4 is 0 Å². The van der Waals surface area contributed by atoms with Crippen LogP contribution in [0.3, 0.4) is 0 Å². The number of benzene rings is 1. The Morgan fingerprint density at radius 1 is 1.03 bits per heavy atom. The lowest BCUT2D eigenvalue weighted by Crippen LogP contribution is -2.59. The Morgan fingerprint density at radius 2 is 1.83 bits per heavy atom. The van der Waals surface area contributed by atoms with E-state index in [0.29, 0.717) is 35.7 Å². The van der Waals surface area contributed by atoms with Crippen LogP contribution in [0, 0.1) is 31.4 Å². The summed E-state index contributed by atoms with van der Waals surface area (Å²) in [6.07, 6.45) is 9.08. The molecule has 0 spiro atoms. The molecule has 3 aliphatic carbocycles. The number of hydrogen-bond donors (Lipinski definition) is 0. The van der Waals surface area contributed by atoms with Crippen LogP contribution in [0.15, 0.2) is 30.6 Å². The maximum absolute atomic E-state index is 14.9. The number of halogens is 2. The maximum Gasteiger partial charge on any atom is 0.182 e. The highest BCUT2D eigenvalue weighted by Gasteiger charge is 2.58. The van der Waals surface area contributed by atoms with Gasteiger partial charge in [0.05, 0.1) is 29.2 Å². The van der Waals surface area contributed by atoms with Gasteiger partial charge in [-0.25, -0.2) is 28.7 Å². The fourth-order valence-electron chi connectivity index (χ4n) is 5.92. The number of ether oxygens (including phenoxy) is 1. The van der Waals surface area contributed by atoms with Crippen molar-refractivity contribution in [3.05, 3.63) is 65.0 Å². The highest BCUT2D eigenvalue weighted by molar-refractivity contribution is 5.87. The van der Waals surface area contributed by atoms with Crippen molar-refractivity contribution in [3.63, 3.8) is 0 Å². The summed E-state index contributed by atoms with van der Waals surface area (Å²) in [7, 11) is 0. The summed E-state index contributed by atoms with van der Waals surface area (Å²) in [5.41, 5.74) is 4.13. The van der Waals surface area contributed by atoms with Crippen molar-refractivity contribution >= 4 is 11.2 Å². The second kappa shape index (κ2) is 7.83. The number of aromatic nitrogens is 6. The first-order chi connectivity index (χ1) is 17.4. The molecule has 184 valence electrons. The summed E-state index contributed by atoms with van der Waals surface area (Å²) in [4.78, 5) is 18.8. The Kier molecular flexibility index (Phi) is 4.77. The van der Waals surface area contributed by atoms with Gasteiger partial charge in [0.25, 0.3) is 0 Å². The first kappa shape index (κ1) is 21.9. The van der Waals surface area contributed by atoms with E-state index in [1.54, 1.807) is 0 Å². The average molecular weight is 489 g/mol. The molecule has 1 aliphatic heterocycles. The molecule has 4 fully saturated rings. The topological polar surface area (TPSA) is 78.6 Å². The molecule has 2 bridgehead atoms. The van der Waals surface area contributed by atoms with Crippen LogP contribution in [0.25, 0.3) is 22.4 Å². The molecule has 0 amide bonds. The van der Waals surface area contributed by atoms with E-state index in [1.165, 1.54) is 31.4 Å². The highest BCUT2D eigenvalue weighted by Crippen LogP contribution is 2.62. The Bertz CT molecular complexity index is 1500. The summed E-state index contributed by atoms with van der Waals surface area (Å²) < 4.78 is 36.8. The smallest absolute Gasteiger partial charge is 0.182 e. The van der Waals surface area contributed by atoms with Crippen LogP contribution in [-0.2, 0) is 10.3 Å². The van der Waals surface area contributed by atoms with Crippen molar-refractivity contribution in [1.29, 1.82) is 0 Å². The van der Waals surface area contributed by atoms with Gasteiger partial charge in [-0.3, -0.25) is 4.68 Å². The molecule has 8 rings (SSSR count). The third-order valence-corrected chi connectivity index (χ3v) is 8.26. The molecule has 1 aromatic carbocycles. The molecule has 2 atom stereocenters. The van der Waals surface area contributed by atoms with E-state index < -0.39 is 11.6 Å². The summed E-state index contributed by atoms with van der Waals surface area (Å²) in [5, 5.41) is 4.67. The Labute approximate surface area is 207 Å². The monoisotopic (exact) mass is 488 g/mol. The van der Waals surface area contributed by atoms with E-state index in [-0.39, 0.29) is 23.1 Å². The van der Waals surface area contributed by atoms with E-state index in [9.17, 15) is 8.78 Å². The summed E-state index contributed by atoms with van der Waals surface area (Å²) in [6, 6.07) is 3.50. The van der Waals surface area contributed by atoms with Crippen LogP contribution in [0.2, 0.25) is 0 Å². The first-order valence-corrected chi connectivity index (χ1v) is 12.5. The van der Waals surface area contributed by atoms with E-state index in [2.05, 4.69) is 25.9 Å². The molecule has 7 nitrogen and oxygen atoms in total. The second-order valence-electron chi connectivity index (χ2n) is 10.6. The van der Waals surface area contributed by atoms with Gasteiger partial charge in [-0.1, -0.05) is 0 Å². The van der Waals surface area contributed by atoms with Crippen molar-refractivity contribution in [2.24, 2.45) is 5.92 Å². The highest BCUT2D eigenvalue weighted by atomic mass is 19.1. The van der Waals surface area contributed by atoms with Crippen molar-refractivity contribution in [2.45, 2.75) is 63.5 Å². The zero-order valence-electron chi connectivity index (χ0n) is 20.2. The number of hydrogen-bond acceptors (Lipinski definition) is 6. The zero-order chi connectivity index (χ0) is 24.6. The van der Waals surface area contributed by atoms with E-state index >= 15 is 0 Å². The van der Waals surface area contributed by atoms with Gasteiger partial charge in [0, 0.05) is 35.9 Å². The molecule has 3 saturated carbocycles. The number of aryl methyl sites for hydroxylation is 2. The standard InChI is InChI=1S/C27H26F2N6O/c1-14-15(2)32-26-24(31-14)23(20-4-3-19(28)8-21(20)29)33-25(34-26)17-5-6-36-22(7-17)18-12-30-35(13-18)27-9-16(10-27)11-27/h3-4,8,12-13,16-17,22H,5-7,9-11H2,1-2H3/t16?,17-,22+,27?/m0/s1. The minimum absolute atomic E-state index is 0.00267. The molecule has 36 heavy (non-hydrogen) atoms. The number of fused-ring (bicyclic) bond motifs is 1. The molecule has 4 aliphatic rings. The molecule has 4 heterocycles. The third kappa shape index (κ3) is 3.36. The third-order valence-electron chi connectivity index (χ3n) is 8.26. The maximum atomic E-state index is 14.9. The van der Waals surface area contributed by atoms with Gasteiger partial charge in [-0.05, 0) is 64.0 Å². The molecule has 3 aromatic heterocycles. The molecular formula is C27H26F2N6O. The van der Waals surface area contributed by atoms with Gasteiger partial charge in [-0.15, -0.1) is 0 Å². The average Bonchev–Trinajstić information content (AvgIpc) is 3.27. The second-order valence-corrected chi connectivity index (χ2v) is 10.6. The van der Waals surface area contributed by atoms with Crippen LogP contribution >= 0.6 is 0 Å². The van der Waals surface area contributed by atoms with Gasteiger partial charge in [-0.2, -0.15) is 5.10 Å². The molecule has 1 saturated heterocycles. The van der Waals surface area contributed by atoms with Gasteiger partial charge in [0.1, 0.15) is 28.7 Å². The van der Waals surface area contributed by atoms with E-state index in [0.717, 1.165) is 35.4 Å². The number of nitrogens with zero attached hydrogens (tertiary/aromatic N) is 6. The molecule has 0 unspecified atom stereocenters. The fraction of sp³-hybridized carbons (Fsp3) is 0.444. The van der Waals surface area contributed by atoms with Crippen LogP contribution in [0.4, 0.5) is 8.78 Å². The van der Waals surface area contributed by atoms with Crippen molar-refractivity contribution in [1.82, 2.24) is 29.7 Å². The quantitative estimate of drug-likeness (QED) is 0.387. The first-order valence-electron chi connectivity index (χ1n) is 12.5. The molecule has 0 radical (unpaired) electrons. The largest absolute Gasteiger partial charge is 0.373 e. The zero-order valence-corrected chi connectivity index (χ0v) is 20.2. The predicted molar refractivity (Wildman–Crippen MR) is 128 cm³/mol. The van der Waals surface area contributed by atoms with Crippen LogP contribution in [0.1, 0.15) is 66.9 Å². The molecule has 9 heteroatoms. The summed E-state index contributed by atoms with van der Waals surface area (Å²) in [6.45, 7) is 4.28. The minimum atomic E-state index is -0.688. The lowest BCUT2D eigenvalue weighted by Gasteiger charge is -2.61. The summed E-state index contributed by atoms with van der Waals surface area (Å²) >= 11 is 0. The SMILES string of the molecule is Cc1nc2nc([C@H]3CCO[C@@H](c4cnn(C56CC(C5)C6)c4)C3)nc(-c3ccc(F)cc3F)c2nc1C. The van der Waals surface area contributed by atoms with Crippen LogP contribution in [0.5, 0.6) is 0 Å². The van der Waals surface area contributed by atoms with E-state index in [1.807, 2.05) is 20.0 Å². The van der Waals surface area contributed by atoms with Crippen LogP contribution in [-0.4, -0.2) is 36.3 Å². The normalized spacial score (nSPS) is 27.1. The summed E-state index contributed by atoms with van der Waals surface area (Å²) in [5.74, 6) is 0.135. The fourth-order valence-corrected chi connectivity index (χ4v) is 5.92. The Morgan fingerprint density at radius 3 is 2.58 bits per heavy atom. The van der Waals surface area contributed by atoms with E-state index in [4.69, 9.17) is 14.7 Å². The Balaban J connectivity index is 1.26. The van der Waals surface area contributed by atoms with Gasteiger partial charge >= 0.3 is 0 Å². The van der Waals surface area contributed by atoms with Gasteiger partial charge in [0.15, 0.2) is 5.65 Å². The van der Waals surface area contributed by atoms with Gasteiger partial charge in [0.2, 0.25) is 0 Å². The molecule has 4 aromatic rings. The molecular weight excluding hydrogens is 462 g/mol. The lowest BCUT2D eigenvalue weighted by molar-refractivity contribution is -0.0980. The van der Waals surface area contributed by atoms with Crippen molar-refractivity contribution in [3.8, 4) is 11.3 Å².